The van der Waals surface area contributed by atoms with Crippen LogP contribution >= 0.6 is 0 Å². The molecule has 3 aliphatic heterocycles. The lowest BCUT2D eigenvalue weighted by Gasteiger charge is -2.30. The lowest BCUT2D eigenvalue weighted by molar-refractivity contribution is -0.706. The Morgan fingerprint density at radius 1 is 1.22 bits per heavy atom. The van der Waals surface area contributed by atoms with E-state index >= 15 is 0 Å². The number of fused-ring (bicyclic) bond motifs is 2. The van der Waals surface area contributed by atoms with E-state index in [1.165, 1.54) is 0 Å². The topological polar surface area (TPSA) is 58.7 Å². The molecule has 10 heteroatoms. The third kappa shape index (κ3) is 2.09. The van der Waals surface area contributed by atoms with E-state index in [1.807, 2.05) is 18.1 Å². The van der Waals surface area contributed by atoms with Gasteiger partial charge in [0.2, 0.25) is 17.9 Å². The van der Waals surface area contributed by atoms with E-state index in [0.29, 0.717) is 16.8 Å². The Morgan fingerprint density at radius 2 is 2.04 bits per heavy atom. The first-order valence-corrected chi connectivity index (χ1v) is 6.99. The van der Waals surface area contributed by atoms with Gasteiger partial charge in [0.1, 0.15) is 6.20 Å². The van der Waals surface area contributed by atoms with E-state index in [4.69, 9.17) is 0 Å². The highest BCUT2D eigenvalue weighted by atomic mass is 19.4. The lowest BCUT2D eigenvalue weighted by atomic mass is 10.3. The minimum Gasteiger partial charge on any atom is -0.342 e. The number of nitrogens with zero attached hydrogens (tertiary/aromatic N) is 7. The molecule has 0 fully saturated rings. The lowest BCUT2D eigenvalue weighted by Crippen LogP contribution is -2.38. The van der Waals surface area contributed by atoms with Crippen molar-refractivity contribution in [1.29, 1.82) is 0 Å². The zero-order valence-corrected chi connectivity index (χ0v) is 12.2. The van der Waals surface area contributed by atoms with Crippen LogP contribution in [-0.2, 0) is 19.3 Å². The molecule has 4 rings (SSSR count). The van der Waals surface area contributed by atoms with Crippen LogP contribution in [0, 0.1) is 0 Å². The summed E-state index contributed by atoms with van der Waals surface area (Å²) >= 11 is 0. The molecule has 0 saturated carbocycles. The second-order valence-corrected chi connectivity index (χ2v) is 5.69. The fourth-order valence-electron chi connectivity index (χ4n) is 2.90. The molecule has 120 valence electrons. The average molecular weight is 324 g/mol. The minimum atomic E-state index is -4.49. The molecule has 1 unspecified atom stereocenters. The fourth-order valence-corrected chi connectivity index (χ4v) is 2.90. The number of halogens is 3. The van der Waals surface area contributed by atoms with Crippen molar-refractivity contribution < 1.29 is 17.7 Å². The van der Waals surface area contributed by atoms with Crippen molar-refractivity contribution in [3.8, 4) is 0 Å². The quantitative estimate of drug-likeness (QED) is 0.732. The first-order chi connectivity index (χ1) is 10.9. The summed E-state index contributed by atoms with van der Waals surface area (Å²) in [5.41, 5.74) is 0.886. The number of allylic oxidation sites excluding steroid dienone is 1. The van der Waals surface area contributed by atoms with E-state index < -0.39 is 12.0 Å². The standard InChI is InChI=1S/C13H13F3N7/c1-23-5-2-17-6-9(23)11(18-8-23)21-3-4-22-10(7-21)19-20-12(22)13(14,15)16/h2,5-6,8H,3-4,7H2,1H3/q+1. The third-order valence-corrected chi connectivity index (χ3v) is 4.13. The molecule has 23 heavy (non-hydrogen) atoms. The first-order valence-electron chi connectivity index (χ1n) is 6.99. The summed E-state index contributed by atoms with van der Waals surface area (Å²) in [4.78, 5) is 10.5. The SMILES string of the molecule is C[N+]12C=CN=CC1=C(N1CCn3c(nnc3C(F)(F)F)C1)N=C2. The maximum Gasteiger partial charge on any atom is 0.451 e. The molecule has 0 radical (unpaired) electrons. The zero-order valence-electron chi connectivity index (χ0n) is 12.2. The molecule has 0 aliphatic carbocycles. The molecule has 0 bridgehead atoms. The molecule has 0 spiro atoms. The summed E-state index contributed by atoms with van der Waals surface area (Å²) in [5.74, 6) is 0.0576. The molecule has 7 nitrogen and oxygen atoms in total. The van der Waals surface area contributed by atoms with Crippen LogP contribution in [0.2, 0.25) is 0 Å². The Balaban J connectivity index is 1.67. The van der Waals surface area contributed by atoms with Crippen molar-refractivity contribution in [3.05, 3.63) is 35.6 Å². The van der Waals surface area contributed by atoms with Gasteiger partial charge >= 0.3 is 6.18 Å². The van der Waals surface area contributed by atoms with Crippen LogP contribution in [0.25, 0.3) is 0 Å². The molecule has 1 atom stereocenters. The molecule has 1 aromatic heterocycles. The van der Waals surface area contributed by atoms with Crippen molar-refractivity contribution in [1.82, 2.24) is 19.7 Å². The number of aromatic nitrogens is 3. The smallest absolute Gasteiger partial charge is 0.342 e. The van der Waals surface area contributed by atoms with Gasteiger partial charge in [-0.2, -0.15) is 18.2 Å². The molecule has 0 N–H and O–H groups in total. The van der Waals surface area contributed by atoms with Crippen molar-refractivity contribution >= 4 is 12.6 Å². The Hall–Kier alpha value is -2.49. The molecule has 1 aromatic rings. The number of aliphatic imine (C=N–C) groups is 2. The van der Waals surface area contributed by atoms with Gasteiger partial charge in [-0.25, -0.2) is 4.48 Å². The van der Waals surface area contributed by atoms with Gasteiger partial charge in [-0.05, 0) is 0 Å². The highest BCUT2D eigenvalue weighted by Gasteiger charge is 2.41. The molecular weight excluding hydrogens is 311 g/mol. The second kappa shape index (κ2) is 4.51. The van der Waals surface area contributed by atoms with Crippen LogP contribution < -0.4 is 0 Å². The summed E-state index contributed by atoms with van der Waals surface area (Å²) in [6.45, 7) is 0.804. The van der Waals surface area contributed by atoms with E-state index in [-0.39, 0.29) is 18.9 Å². The van der Waals surface area contributed by atoms with Crippen molar-refractivity contribution in [2.45, 2.75) is 19.3 Å². The normalized spacial score (nSPS) is 26.0. The summed E-state index contributed by atoms with van der Waals surface area (Å²) in [6.07, 6.45) is 2.59. The highest BCUT2D eigenvalue weighted by Crippen LogP contribution is 2.32. The van der Waals surface area contributed by atoms with Gasteiger partial charge in [0.15, 0.2) is 11.6 Å². The van der Waals surface area contributed by atoms with Crippen LogP contribution in [-0.4, -0.2) is 50.3 Å². The largest absolute Gasteiger partial charge is 0.451 e. The van der Waals surface area contributed by atoms with Crippen LogP contribution in [0.5, 0.6) is 0 Å². The van der Waals surface area contributed by atoms with Gasteiger partial charge in [-0.3, -0.25) is 4.99 Å². The van der Waals surface area contributed by atoms with Crippen LogP contribution in [0.15, 0.2) is 33.9 Å². The Kier molecular flexibility index (Phi) is 2.77. The number of quaternary nitrogens is 1. The molecule has 3 aliphatic rings. The van der Waals surface area contributed by atoms with Gasteiger partial charge < -0.3 is 9.47 Å². The van der Waals surface area contributed by atoms with Gasteiger partial charge in [-0.1, -0.05) is 0 Å². The molecule has 4 heterocycles. The van der Waals surface area contributed by atoms with Crippen molar-refractivity contribution in [2.75, 3.05) is 13.6 Å². The molecule has 0 amide bonds. The number of rotatable bonds is 1. The molecular formula is C13H13F3N7+. The number of hydrogen-bond acceptors (Lipinski definition) is 5. The zero-order chi connectivity index (χ0) is 16.2. The second-order valence-electron chi connectivity index (χ2n) is 5.69. The molecule has 0 aromatic carbocycles. The van der Waals surface area contributed by atoms with Crippen LogP contribution in [0.1, 0.15) is 11.6 Å². The van der Waals surface area contributed by atoms with E-state index in [0.717, 1.165) is 10.3 Å². The monoisotopic (exact) mass is 324 g/mol. The third-order valence-electron chi connectivity index (χ3n) is 4.13. The predicted octanol–water partition coefficient (Wildman–Crippen LogP) is 1.33. The summed E-state index contributed by atoms with van der Waals surface area (Å²) in [6, 6.07) is 0. The fraction of sp³-hybridized carbons (Fsp3) is 0.385. The Morgan fingerprint density at radius 3 is 2.83 bits per heavy atom. The summed E-state index contributed by atoms with van der Waals surface area (Å²) < 4.78 is 40.2. The van der Waals surface area contributed by atoms with Crippen molar-refractivity contribution in [3.63, 3.8) is 0 Å². The Bertz CT molecular complexity index is 786. The number of alkyl halides is 3. The van der Waals surface area contributed by atoms with Crippen molar-refractivity contribution in [2.24, 2.45) is 9.98 Å². The maximum absolute atomic E-state index is 12.9. The van der Waals surface area contributed by atoms with Crippen LogP contribution in [0.3, 0.4) is 0 Å². The highest BCUT2D eigenvalue weighted by molar-refractivity contribution is 5.83. The summed E-state index contributed by atoms with van der Waals surface area (Å²) in [7, 11) is 1.96. The predicted molar refractivity (Wildman–Crippen MR) is 74.8 cm³/mol. The molecule has 0 saturated heterocycles. The average Bonchev–Trinajstić information content (AvgIpc) is 3.06. The van der Waals surface area contributed by atoms with Gasteiger partial charge in [-0.15, -0.1) is 10.2 Å². The van der Waals surface area contributed by atoms with Gasteiger partial charge in [0.05, 0.1) is 26.0 Å². The van der Waals surface area contributed by atoms with E-state index in [9.17, 15) is 13.2 Å². The first kappa shape index (κ1) is 14.1. The number of hydrogen-bond donors (Lipinski definition) is 0. The maximum atomic E-state index is 12.9. The Labute approximate surface area is 129 Å². The van der Waals surface area contributed by atoms with Gasteiger partial charge in [0, 0.05) is 13.1 Å². The van der Waals surface area contributed by atoms with E-state index in [1.54, 1.807) is 18.8 Å². The summed E-state index contributed by atoms with van der Waals surface area (Å²) in [5, 5.41) is 6.98. The minimum absolute atomic E-state index is 0.167. The van der Waals surface area contributed by atoms with Crippen LogP contribution in [0.4, 0.5) is 13.2 Å². The van der Waals surface area contributed by atoms with E-state index in [2.05, 4.69) is 20.2 Å². The van der Waals surface area contributed by atoms with Gasteiger partial charge in [0.25, 0.3) is 0 Å².